The fourth-order valence-electron chi connectivity index (χ4n) is 1.36. The summed E-state index contributed by atoms with van der Waals surface area (Å²) in [6, 6.07) is 1.53. The molecule has 0 aliphatic heterocycles. The molecule has 0 spiro atoms. The minimum atomic E-state index is -3.58. The molecule has 1 unspecified atom stereocenters. The minimum Gasteiger partial charge on any atom is -0.481 e. The summed E-state index contributed by atoms with van der Waals surface area (Å²) in [6.45, 7) is 3.04. The summed E-state index contributed by atoms with van der Waals surface area (Å²) in [6.07, 6.45) is 0. The fraction of sp³-hybridized carbons (Fsp3) is 0.600. The van der Waals surface area contributed by atoms with E-state index in [1.54, 1.807) is 6.92 Å². The molecule has 0 aromatic carbocycles. The van der Waals surface area contributed by atoms with E-state index in [4.69, 9.17) is 9.63 Å². The lowest BCUT2D eigenvalue weighted by molar-refractivity contribution is -0.141. The van der Waals surface area contributed by atoms with Crippen molar-refractivity contribution in [3.63, 3.8) is 0 Å². The summed E-state index contributed by atoms with van der Waals surface area (Å²) in [5.74, 6) is -1.56. The maximum Gasteiger partial charge on any atom is 0.307 e. The molecule has 0 aliphatic carbocycles. The Bertz CT molecular complexity index is 522. The van der Waals surface area contributed by atoms with Crippen LogP contribution in [0.15, 0.2) is 10.6 Å². The molecule has 1 heterocycles. The van der Waals surface area contributed by atoms with E-state index in [1.165, 1.54) is 20.0 Å². The van der Waals surface area contributed by atoms with Crippen LogP contribution in [-0.2, 0) is 20.6 Å². The first kappa shape index (κ1) is 14.7. The van der Waals surface area contributed by atoms with Gasteiger partial charge in [-0.25, -0.2) is 12.7 Å². The van der Waals surface area contributed by atoms with Gasteiger partial charge < -0.3 is 9.63 Å². The normalized spacial score (nSPS) is 13.8. The predicted octanol–water partition coefficient (Wildman–Crippen LogP) is 0.465. The van der Waals surface area contributed by atoms with Gasteiger partial charge in [0.15, 0.2) is 0 Å². The summed E-state index contributed by atoms with van der Waals surface area (Å²) < 4.78 is 29.6. The van der Waals surface area contributed by atoms with Crippen molar-refractivity contribution in [2.24, 2.45) is 5.92 Å². The molecule has 0 saturated heterocycles. The third-order valence-corrected chi connectivity index (χ3v) is 4.19. The van der Waals surface area contributed by atoms with Crippen molar-refractivity contribution in [1.29, 1.82) is 0 Å². The lowest BCUT2D eigenvalue weighted by Gasteiger charge is -2.18. The van der Waals surface area contributed by atoms with Crippen LogP contribution >= 0.6 is 0 Å². The average Bonchev–Trinajstić information content (AvgIpc) is 2.62. The van der Waals surface area contributed by atoms with Gasteiger partial charge in [-0.1, -0.05) is 12.1 Å². The molecule has 0 bridgehead atoms. The highest BCUT2D eigenvalue weighted by molar-refractivity contribution is 7.88. The predicted molar refractivity (Wildman–Crippen MR) is 63.3 cm³/mol. The third kappa shape index (κ3) is 3.81. The summed E-state index contributed by atoms with van der Waals surface area (Å²) in [4.78, 5) is 10.7. The van der Waals surface area contributed by atoms with Gasteiger partial charge in [-0.2, -0.15) is 0 Å². The number of carboxylic acid groups (broad SMARTS) is 1. The van der Waals surface area contributed by atoms with E-state index in [2.05, 4.69) is 5.16 Å². The Morgan fingerprint density at radius 2 is 2.22 bits per heavy atom. The van der Waals surface area contributed by atoms with Crippen LogP contribution in [0.2, 0.25) is 0 Å². The van der Waals surface area contributed by atoms with Gasteiger partial charge >= 0.3 is 5.97 Å². The SMILES string of the molecule is Cc1cc(CS(=O)(=O)N(C)CC(C)C(=O)O)no1. The average molecular weight is 276 g/mol. The van der Waals surface area contributed by atoms with Gasteiger partial charge in [0.05, 0.1) is 5.92 Å². The van der Waals surface area contributed by atoms with Gasteiger partial charge in [-0.3, -0.25) is 4.79 Å². The van der Waals surface area contributed by atoms with E-state index in [-0.39, 0.29) is 12.3 Å². The third-order valence-electron chi connectivity index (χ3n) is 2.43. The van der Waals surface area contributed by atoms with Gasteiger partial charge in [0.2, 0.25) is 10.0 Å². The molecule has 0 fully saturated rings. The molecule has 1 aromatic rings. The van der Waals surface area contributed by atoms with Crippen molar-refractivity contribution >= 4 is 16.0 Å². The Balaban J connectivity index is 2.71. The Morgan fingerprint density at radius 3 is 2.67 bits per heavy atom. The van der Waals surface area contributed by atoms with E-state index in [0.29, 0.717) is 11.5 Å². The molecule has 7 nitrogen and oxygen atoms in total. The Labute approximate surface area is 105 Å². The van der Waals surface area contributed by atoms with Crippen LogP contribution in [0.3, 0.4) is 0 Å². The quantitative estimate of drug-likeness (QED) is 0.810. The number of hydrogen-bond donors (Lipinski definition) is 1. The van der Waals surface area contributed by atoms with Crippen molar-refractivity contribution in [2.45, 2.75) is 19.6 Å². The van der Waals surface area contributed by atoms with Crippen molar-refractivity contribution in [1.82, 2.24) is 9.46 Å². The molecule has 1 rings (SSSR count). The number of sulfonamides is 1. The highest BCUT2D eigenvalue weighted by Crippen LogP contribution is 2.11. The van der Waals surface area contributed by atoms with Crippen molar-refractivity contribution in [3.05, 3.63) is 17.5 Å². The molecule has 0 saturated carbocycles. The molecule has 1 atom stereocenters. The highest BCUT2D eigenvalue weighted by atomic mass is 32.2. The van der Waals surface area contributed by atoms with E-state index >= 15 is 0 Å². The number of aliphatic carboxylic acids is 1. The van der Waals surface area contributed by atoms with Gasteiger partial charge in [0.25, 0.3) is 0 Å². The van der Waals surface area contributed by atoms with Crippen LogP contribution in [0.1, 0.15) is 18.4 Å². The van der Waals surface area contributed by atoms with E-state index < -0.39 is 21.9 Å². The second-order valence-electron chi connectivity index (χ2n) is 4.20. The number of aryl methyl sites for hydroxylation is 1. The first-order chi connectivity index (χ1) is 8.22. The zero-order chi connectivity index (χ0) is 13.9. The van der Waals surface area contributed by atoms with Gasteiger partial charge in [-0.15, -0.1) is 0 Å². The summed E-state index contributed by atoms with van der Waals surface area (Å²) in [5.41, 5.74) is 0.308. The second-order valence-corrected chi connectivity index (χ2v) is 6.28. The maximum absolute atomic E-state index is 11.9. The molecule has 0 radical (unpaired) electrons. The number of hydrogen-bond acceptors (Lipinski definition) is 5. The molecule has 1 aromatic heterocycles. The van der Waals surface area contributed by atoms with Crippen molar-refractivity contribution in [3.8, 4) is 0 Å². The summed E-state index contributed by atoms with van der Waals surface area (Å²) in [5, 5.41) is 12.3. The molecule has 0 aliphatic rings. The van der Waals surface area contributed by atoms with E-state index in [9.17, 15) is 13.2 Å². The van der Waals surface area contributed by atoms with Crippen LogP contribution in [0.25, 0.3) is 0 Å². The molecule has 0 amide bonds. The molecule has 102 valence electrons. The largest absolute Gasteiger partial charge is 0.481 e. The number of carbonyl (C=O) groups is 1. The van der Waals surface area contributed by atoms with Crippen LogP contribution in [0.4, 0.5) is 0 Å². The highest BCUT2D eigenvalue weighted by Gasteiger charge is 2.24. The standard InChI is InChI=1S/C10H16N2O5S/c1-7(10(13)14)5-12(3)18(15,16)6-9-4-8(2)17-11-9/h4,7H,5-6H2,1-3H3,(H,13,14). The lowest BCUT2D eigenvalue weighted by atomic mass is 10.2. The number of rotatable bonds is 6. The molecule has 18 heavy (non-hydrogen) atoms. The zero-order valence-electron chi connectivity index (χ0n) is 10.5. The van der Waals surface area contributed by atoms with Crippen LogP contribution in [0, 0.1) is 12.8 Å². The summed E-state index contributed by atoms with van der Waals surface area (Å²) >= 11 is 0. The molecule has 8 heteroatoms. The monoisotopic (exact) mass is 276 g/mol. The van der Waals surface area contributed by atoms with Crippen LogP contribution in [-0.4, -0.2) is 42.5 Å². The Morgan fingerprint density at radius 1 is 1.61 bits per heavy atom. The Hall–Kier alpha value is -1.41. The first-order valence-electron chi connectivity index (χ1n) is 5.31. The topological polar surface area (TPSA) is 101 Å². The minimum absolute atomic E-state index is 0.0749. The Kier molecular flexibility index (Phi) is 4.47. The smallest absolute Gasteiger partial charge is 0.307 e. The molecule has 1 N–H and O–H groups in total. The molecular formula is C10H16N2O5S. The van der Waals surface area contributed by atoms with Crippen molar-refractivity contribution < 1.29 is 22.8 Å². The van der Waals surface area contributed by atoms with E-state index in [0.717, 1.165) is 4.31 Å². The fourth-order valence-corrected chi connectivity index (χ4v) is 2.54. The van der Waals surface area contributed by atoms with Gasteiger partial charge in [0.1, 0.15) is 17.2 Å². The van der Waals surface area contributed by atoms with Crippen LogP contribution in [0.5, 0.6) is 0 Å². The number of nitrogens with zero attached hydrogens (tertiary/aromatic N) is 2. The zero-order valence-corrected chi connectivity index (χ0v) is 11.3. The van der Waals surface area contributed by atoms with Crippen LogP contribution < -0.4 is 0 Å². The number of carboxylic acids is 1. The van der Waals surface area contributed by atoms with Crippen molar-refractivity contribution in [2.75, 3.05) is 13.6 Å². The van der Waals surface area contributed by atoms with Gasteiger partial charge in [-0.05, 0) is 6.92 Å². The maximum atomic E-state index is 11.9. The number of aromatic nitrogens is 1. The lowest BCUT2D eigenvalue weighted by Crippen LogP contribution is -2.34. The second kappa shape index (κ2) is 5.49. The summed E-state index contributed by atoms with van der Waals surface area (Å²) in [7, 11) is -2.23. The van der Waals surface area contributed by atoms with E-state index in [1.807, 2.05) is 0 Å². The first-order valence-corrected chi connectivity index (χ1v) is 6.92. The molecular weight excluding hydrogens is 260 g/mol. The van der Waals surface area contributed by atoms with Gasteiger partial charge in [0, 0.05) is 19.7 Å².